The lowest BCUT2D eigenvalue weighted by Crippen LogP contribution is -2.35. The van der Waals surface area contributed by atoms with Gasteiger partial charge < -0.3 is 10.1 Å². The second-order valence-corrected chi connectivity index (χ2v) is 8.06. The van der Waals surface area contributed by atoms with E-state index in [-0.39, 0.29) is 5.54 Å². The number of halogens is 1. The average molecular weight is 360 g/mol. The molecule has 1 N–H and O–H groups in total. The molecule has 0 radical (unpaired) electrons. The van der Waals surface area contributed by atoms with Gasteiger partial charge in [0.25, 0.3) is 0 Å². The van der Waals surface area contributed by atoms with Gasteiger partial charge in [-0.25, -0.2) is 0 Å². The van der Waals surface area contributed by atoms with Crippen LogP contribution in [0.1, 0.15) is 39.7 Å². The molecular formula is C16H26BrNOS. The molecule has 0 amide bonds. The summed E-state index contributed by atoms with van der Waals surface area (Å²) in [6.07, 6.45) is 1.10. The Morgan fingerprint density at radius 2 is 2.05 bits per heavy atom. The number of thioether (sulfide) groups is 1. The standard InChI is InChI=1S/C16H26BrNOS/c1-5-20-10-6-9-19-15-8-7-14(17)11-13(15)12-18-16(2,3)4/h7-8,11,18H,5-6,9-10,12H2,1-4H3. The normalized spacial score (nSPS) is 11.7. The Balaban J connectivity index is 2.56. The van der Waals surface area contributed by atoms with Gasteiger partial charge in [0.15, 0.2) is 0 Å². The number of nitrogens with one attached hydrogen (secondary N) is 1. The first-order chi connectivity index (χ1) is 9.42. The van der Waals surface area contributed by atoms with Crippen molar-refractivity contribution < 1.29 is 4.74 Å². The van der Waals surface area contributed by atoms with Crippen LogP contribution < -0.4 is 10.1 Å². The first kappa shape index (κ1) is 17.9. The number of ether oxygens (including phenoxy) is 1. The minimum Gasteiger partial charge on any atom is -0.493 e. The predicted octanol–water partition coefficient (Wildman–Crippen LogP) is 4.86. The highest BCUT2D eigenvalue weighted by molar-refractivity contribution is 9.10. The lowest BCUT2D eigenvalue weighted by Gasteiger charge is -2.22. The molecule has 0 unspecified atom stereocenters. The van der Waals surface area contributed by atoms with Gasteiger partial charge >= 0.3 is 0 Å². The topological polar surface area (TPSA) is 21.3 Å². The van der Waals surface area contributed by atoms with E-state index in [0.717, 1.165) is 29.8 Å². The van der Waals surface area contributed by atoms with Crippen LogP contribution >= 0.6 is 27.7 Å². The minimum atomic E-state index is 0.108. The van der Waals surface area contributed by atoms with E-state index in [4.69, 9.17) is 4.74 Å². The van der Waals surface area contributed by atoms with Crippen LogP contribution in [0.3, 0.4) is 0 Å². The van der Waals surface area contributed by atoms with Crippen LogP contribution in [0, 0.1) is 0 Å². The summed E-state index contributed by atoms with van der Waals surface area (Å²) in [5, 5.41) is 3.51. The monoisotopic (exact) mass is 359 g/mol. The molecule has 20 heavy (non-hydrogen) atoms. The summed E-state index contributed by atoms with van der Waals surface area (Å²) in [6, 6.07) is 6.22. The van der Waals surface area contributed by atoms with E-state index in [2.05, 4.69) is 61.1 Å². The maximum absolute atomic E-state index is 5.93. The van der Waals surface area contributed by atoms with Gasteiger partial charge in [-0.15, -0.1) is 0 Å². The van der Waals surface area contributed by atoms with E-state index in [1.807, 2.05) is 17.8 Å². The zero-order chi connectivity index (χ0) is 15.0. The fourth-order valence-corrected chi connectivity index (χ4v) is 2.69. The second-order valence-electron chi connectivity index (χ2n) is 5.75. The van der Waals surface area contributed by atoms with Crippen molar-refractivity contribution in [2.45, 2.75) is 46.2 Å². The van der Waals surface area contributed by atoms with E-state index in [9.17, 15) is 0 Å². The highest BCUT2D eigenvalue weighted by Crippen LogP contribution is 2.24. The Bertz CT molecular complexity index is 404. The Morgan fingerprint density at radius 3 is 2.70 bits per heavy atom. The summed E-state index contributed by atoms with van der Waals surface area (Å²) in [5.74, 6) is 3.34. The Kier molecular flexibility index (Phi) is 8.00. The molecule has 0 aliphatic carbocycles. The molecular weight excluding hydrogens is 334 g/mol. The number of rotatable bonds is 8. The molecule has 4 heteroatoms. The molecule has 0 aromatic heterocycles. The van der Waals surface area contributed by atoms with E-state index < -0.39 is 0 Å². The van der Waals surface area contributed by atoms with Crippen molar-refractivity contribution in [1.29, 1.82) is 0 Å². The Hall–Kier alpha value is -0.190. The molecule has 0 saturated heterocycles. The largest absolute Gasteiger partial charge is 0.493 e. The quantitative estimate of drug-likeness (QED) is 0.669. The van der Waals surface area contributed by atoms with Crippen molar-refractivity contribution in [3.05, 3.63) is 28.2 Å². The van der Waals surface area contributed by atoms with Gasteiger partial charge in [-0.1, -0.05) is 22.9 Å². The third kappa shape index (κ3) is 7.55. The fraction of sp³-hybridized carbons (Fsp3) is 0.625. The zero-order valence-corrected chi connectivity index (χ0v) is 15.4. The maximum Gasteiger partial charge on any atom is 0.123 e. The molecule has 0 saturated carbocycles. The van der Waals surface area contributed by atoms with Crippen LogP contribution in [0.4, 0.5) is 0 Å². The molecule has 0 aliphatic heterocycles. The van der Waals surface area contributed by atoms with Crippen molar-refractivity contribution in [2.75, 3.05) is 18.1 Å². The molecule has 0 atom stereocenters. The molecule has 1 aromatic carbocycles. The molecule has 0 heterocycles. The van der Waals surface area contributed by atoms with Crippen LogP contribution in [0.2, 0.25) is 0 Å². The van der Waals surface area contributed by atoms with Crippen LogP contribution in [0.25, 0.3) is 0 Å². The number of benzene rings is 1. The van der Waals surface area contributed by atoms with Crippen LogP contribution in [-0.4, -0.2) is 23.7 Å². The summed E-state index contributed by atoms with van der Waals surface area (Å²) in [5.41, 5.74) is 1.31. The van der Waals surface area contributed by atoms with E-state index in [0.29, 0.717) is 0 Å². The van der Waals surface area contributed by atoms with Crippen LogP contribution in [-0.2, 0) is 6.54 Å². The molecule has 0 spiro atoms. The summed E-state index contributed by atoms with van der Waals surface area (Å²) < 4.78 is 7.02. The minimum absolute atomic E-state index is 0.108. The van der Waals surface area contributed by atoms with E-state index >= 15 is 0 Å². The van der Waals surface area contributed by atoms with Crippen LogP contribution in [0.5, 0.6) is 5.75 Å². The SMILES string of the molecule is CCSCCCOc1ccc(Br)cc1CNC(C)(C)C. The van der Waals surface area contributed by atoms with Gasteiger partial charge in [-0.2, -0.15) is 11.8 Å². The smallest absolute Gasteiger partial charge is 0.123 e. The highest BCUT2D eigenvalue weighted by atomic mass is 79.9. The first-order valence-corrected chi connectivity index (χ1v) is 9.11. The lowest BCUT2D eigenvalue weighted by atomic mass is 10.1. The van der Waals surface area contributed by atoms with Crippen molar-refractivity contribution in [1.82, 2.24) is 5.32 Å². The van der Waals surface area contributed by atoms with E-state index in [1.54, 1.807) is 0 Å². The Morgan fingerprint density at radius 1 is 1.30 bits per heavy atom. The van der Waals surface area contributed by atoms with E-state index in [1.165, 1.54) is 17.1 Å². The zero-order valence-electron chi connectivity index (χ0n) is 13.0. The molecule has 114 valence electrons. The molecule has 2 nitrogen and oxygen atoms in total. The second kappa shape index (κ2) is 8.96. The molecule has 0 bridgehead atoms. The third-order valence-electron chi connectivity index (χ3n) is 2.73. The van der Waals surface area contributed by atoms with Crippen molar-refractivity contribution in [3.8, 4) is 5.75 Å². The lowest BCUT2D eigenvalue weighted by molar-refractivity contribution is 0.312. The summed E-state index contributed by atoms with van der Waals surface area (Å²) in [7, 11) is 0. The van der Waals surface area contributed by atoms with Gasteiger partial charge in [0, 0.05) is 22.1 Å². The first-order valence-electron chi connectivity index (χ1n) is 7.16. The van der Waals surface area contributed by atoms with Crippen molar-refractivity contribution in [3.63, 3.8) is 0 Å². The van der Waals surface area contributed by atoms with Gasteiger partial charge in [0.2, 0.25) is 0 Å². The fourth-order valence-electron chi connectivity index (χ4n) is 1.67. The predicted molar refractivity (Wildman–Crippen MR) is 93.8 cm³/mol. The van der Waals surface area contributed by atoms with Crippen LogP contribution in [0.15, 0.2) is 22.7 Å². The Labute approximate surface area is 136 Å². The summed E-state index contributed by atoms with van der Waals surface area (Å²) >= 11 is 5.50. The maximum atomic E-state index is 5.93. The third-order valence-corrected chi connectivity index (χ3v) is 4.21. The van der Waals surface area contributed by atoms with Gasteiger partial charge in [0.05, 0.1) is 6.61 Å². The highest BCUT2D eigenvalue weighted by Gasteiger charge is 2.11. The summed E-state index contributed by atoms with van der Waals surface area (Å²) in [6.45, 7) is 10.3. The van der Waals surface area contributed by atoms with Crippen molar-refractivity contribution in [2.24, 2.45) is 0 Å². The molecule has 0 aliphatic rings. The summed E-state index contributed by atoms with van der Waals surface area (Å²) in [4.78, 5) is 0. The van der Waals surface area contributed by atoms with Gasteiger partial charge in [0.1, 0.15) is 5.75 Å². The van der Waals surface area contributed by atoms with Crippen molar-refractivity contribution >= 4 is 27.7 Å². The number of hydrogen-bond acceptors (Lipinski definition) is 3. The molecule has 1 aromatic rings. The van der Waals surface area contributed by atoms with Gasteiger partial charge in [-0.3, -0.25) is 0 Å². The van der Waals surface area contributed by atoms with Gasteiger partial charge in [-0.05, 0) is 56.9 Å². The molecule has 1 rings (SSSR count). The average Bonchev–Trinajstić information content (AvgIpc) is 2.37. The number of hydrogen-bond donors (Lipinski definition) is 1. The molecule has 0 fully saturated rings.